The van der Waals surface area contributed by atoms with Crippen LogP contribution in [0.25, 0.3) is 11.0 Å². The van der Waals surface area contributed by atoms with Gasteiger partial charge in [-0.05, 0) is 11.1 Å². The Kier molecular flexibility index (Phi) is 5.99. The van der Waals surface area contributed by atoms with Gasteiger partial charge in [-0.15, -0.1) is 0 Å². The Balaban J connectivity index is 1.22. The Morgan fingerprint density at radius 2 is 1.58 bits per heavy atom. The highest BCUT2D eigenvalue weighted by Crippen LogP contribution is 2.24. The molecule has 0 radical (unpaired) electrons. The molecule has 5 rings (SSSR count). The van der Waals surface area contributed by atoms with E-state index in [0.29, 0.717) is 6.54 Å². The van der Waals surface area contributed by atoms with Crippen LogP contribution in [-0.4, -0.2) is 63.3 Å². The first-order valence-electron chi connectivity index (χ1n) is 11.2. The summed E-state index contributed by atoms with van der Waals surface area (Å²) in [6.45, 7) is 3.56. The lowest BCUT2D eigenvalue weighted by atomic mass is 9.99. The molecule has 0 bridgehead atoms. The van der Waals surface area contributed by atoms with Gasteiger partial charge in [0, 0.05) is 33.2 Å². The first-order valence-corrected chi connectivity index (χ1v) is 11.2. The number of amides is 1. The van der Waals surface area contributed by atoms with Gasteiger partial charge in [-0.2, -0.15) is 5.10 Å². The zero-order chi connectivity index (χ0) is 22.6. The highest BCUT2D eigenvalue weighted by atomic mass is 16.2. The van der Waals surface area contributed by atoms with Crippen molar-refractivity contribution in [2.45, 2.75) is 6.04 Å². The van der Waals surface area contributed by atoms with Crippen LogP contribution in [0, 0.1) is 0 Å². The number of hydrogen-bond acceptors (Lipinski definition) is 6. The van der Waals surface area contributed by atoms with E-state index >= 15 is 0 Å². The lowest BCUT2D eigenvalue weighted by Gasteiger charge is -2.35. The molecule has 1 amide bonds. The zero-order valence-corrected chi connectivity index (χ0v) is 18.6. The summed E-state index contributed by atoms with van der Waals surface area (Å²) < 4.78 is 1.76. The van der Waals surface area contributed by atoms with Crippen LogP contribution in [0.3, 0.4) is 0 Å². The molecule has 8 nitrogen and oxygen atoms in total. The van der Waals surface area contributed by atoms with E-state index in [4.69, 9.17) is 0 Å². The van der Waals surface area contributed by atoms with Crippen LogP contribution in [0.4, 0.5) is 5.82 Å². The second-order valence-electron chi connectivity index (χ2n) is 8.29. The van der Waals surface area contributed by atoms with E-state index in [9.17, 15) is 4.79 Å². The Morgan fingerprint density at radius 1 is 0.939 bits per heavy atom. The van der Waals surface area contributed by atoms with Gasteiger partial charge in [0.05, 0.1) is 24.2 Å². The molecule has 8 heteroatoms. The van der Waals surface area contributed by atoms with Gasteiger partial charge >= 0.3 is 0 Å². The summed E-state index contributed by atoms with van der Waals surface area (Å²) in [4.78, 5) is 26.3. The summed E-state index contributed by atoms with van der Waals surface area (Å²) in [7, 11) is 1.88. The molecule has 2 aromatic carbocycles. The van der Waals surface area contributed by atoms with Crippen molar-refractivity contribution in [3.05, 3.63) is 84.3 Å². The summed E-state index contributed by atoms with van der Waals surface area (Å²) in [5, 5.41) is 8.51. The van der Waals surface area contributed by atoms with Crippen molar-refractivity contribution < 1.29 is 4.79 Å². The monoisotopic (exact) mass is 441 g/mol. The molecule has 1 aliphatic heterocycles. The second kappa shape index (κ2) is 9.38. The van der Waals surface area contributed by atoms with Crippen molar-refractivity contribution in [3.8, 4) is 0 Å². The minimum absolute atomic E-state index is 0.0258. The molecule has 33 heavy (non-hydrogen) atoms. The quantitative estimate of drug-likeness (QED) is 0.495. The van der Waals surface area contributed by atoms with E-state index in [0.717, 1.165) is 54.2 Å². The van der Waals surface area contributed by atoms with Crippen LogP contribution in [0.1, 0.15) is 17.2 Å². The van der Waals surface area contributed by atoms with Gasteiger partial charge in [0.1, 0.15) is 12.1 Å². The minimum Gasteiger partial charge on any atom is -0.353 e. The Morgan fingerprint density at radius 3 is 2.21 bits per heavy atom. The Bertz CT molecular complexity index is 1180. The molecule has 168 valence electrons. The van der Waals surface area contributed by atoms with Gasteiger partial charge < -0.3 is 10.2 Å². The summed E-state index contributed by atoms with van der Waals surface area (Å²) in [5.41, 5.74) is 2.98. The number of benzene rings is 2. The maximum absolute atomic E-state index is 13.0. The molecule has 0 atom stereocenters. The van der Waals surface area contributed by atoms with E-state index in [1.807, 2.05) is 49.6 Å². The average Bonchev–Trinajstić information content (AvgIpc) is 3.25. The molecule has 0 aliphatic carbocycles. The summed E-state index contributed by atoms with van der Waals surface area (Å²) >= 11 is 0. The number of nitrogens with one attached hydrogen (secondary N) is 1. The van der Waals surface area contributed by atoms with Crippen LogP contribution >= 0.6 is 0 Å². The number of anilines is 1. The first kappa shape index (κ1) is 21.1. The second-order valence-corrected chi connectivity index (χ2v) is 8.29. The fourth-order valence-corrected chi connectivity index (χ4v) is 4.38. The SMILES string of the molecule is Cn1ncc2c(N3CCN(CC(=O)NC(c4ccccc4)c4ccccc4)CC3)ncnc21. The number of aromatic nitrogens is 4. The molecule has 1 aliphatic rings. The number of nitrogens with zero attached hydrogens (tertiary/aromatic N) is 6. The number of fused-ring (bicyclic) bond motifs is 1. The smallest absolute Gasteiger partial charge is 0.234 e. The fraction of sp³-hybridized carbons (Fsp3) is 0.280. The number of aryl methyl sites for hydroxylation is 1. The summed E-state index contributed by atoms with van der Waals surface area (Å²) in [6.07, 6.45) is 3.41. The van der Waals surface area contributed by atoms with E-state index in [2.05, 4.69) is 54.4 Å². The first-order chi connectivity index (χ1) is 16.2. The van der Waals surface area contributed by atoms with E-state index in [-0.39, 0.29) is 11.9 Å². The van der Waals surface area contributed by atoms with Crippen molar-refractivity contribution in [2.24, 2.45) is 7.05 Å². The summed E-state index contributed by atoms with van der Waals surface area (Å²) in [6, 6.07) is 20.0. The minimum atomic E-state index is -0.166. The topological polar surface area (TPSA) is 79.2 Å². The van der Waals surface area contributed by atoms with E-state index < -0.39 is 0 Å². The highest BCUT2D eigenvalue weighted by molar-refractivity contribution is 5.86. The van der Waals surface area contributed by atoms with Crippen LogP contribution < -0.4 is 10.2 Å². The van der Waals surface area contributed by atoms with Crippen LogP contribution in [-0.2, 0) is 11.8 Å². The van der Waals surface area contributed by atoms with Gasteiger partial charge in [-0.25, -0.2) is 9.97 Å². The van der Waals surface area contributed by atoms with Gasteiger partial charge in [0.25, 0.3) is 0 Å². The molecule has 1 saturated heterocycles. The maximum atomic E-state index is 13.0. The number of carbonyl (C=O) groups is 1. The predicted molar refractivity (Wildman–Crippen MR) is 128 cm³/mol. The molecule has 0 spiro atoms. The summed E-state index contributed by atoms with van der Waals surface area (Å²) in [5.74, 6) is 0.934. The van der Waals surface area contributed by atoms with Gasteiger partial charge in [0.2, 0.25) is 5.91 Å². The Hall–Kier alpha value is -3.78. The standard InChI is InChI=1S/C25H27N7O/c1-30-24-21(16-28-30)25(27-18-26-24)32-14-12-31(13-15-32)17-22(33)29-23(19-8-4-2-5-9-19)20-10-6-3-7-11-20/h2-11,16,18,23H,12-15,17H2,1H3,(H,29,33). The average molecular weight is 442 g/mol. The van der Waals surface area contributed by atoms with Crippen LogP contribution in [0.5, 0.6) is 0 Å². The lowest BCUT2D eigenvalue weighted by molar-refractivity contribution is -0.122. The van der Waals surface area contributed by atoms with Crippen LogP contribution in [0.2, 0.25) is 0 Å². The molecule has 1 fully saturated rings. The Labute approximate surface area is 192 Å². The normalized spacial score (nSPS) is 14.7. The molecule has 4 aromatic rings. The van der Waals surface area contributed by atoms with Gasteiger partial charge in [-0.1, -0.05) is 60.7 Å². The van der Waals surface area contributed by atoms with Crippen molar-refractivity contribution in [1.29, 1.82) is 0 Å². The number of carbonyl (C=O) groups excluding carboxylic acids is 1. The van der Waals surface area contributed by atoms with Crippen molar-refractivity contribution in [1.82, 2.24) is 30.0 Å². The molecule has 3 heterocycles. The number of rotatable bonds is 6. The molecular weight excluding hydrogens is 414 g/mol. The fourth-order valence-electron chi connectivity index (χ4n) is 4.38. The number of hydrogen-bond donors (Lipinski definition) is 1. The molecule has 0 saturated carbocycles. The van der Waals surface area contributed by atoms with Crippen molar-refractivity contribution >= 4 is 22.8 Å². The zero-order valence-electron chi connectivity index (χ0n) is 18.6. The molecule has 1 N–H and O–H groups in total. The highest BCUT2D eigenvalue weighted by Gasteiger charge is 2.24. The predicted octanol–water partition coefficient (Wildman–Crippen LogP) is 2.39. The molecule has 0 unspecified atom stereocenters. The van der Waals surface area contributed by atoms with Gasteiger partial charge in [-0.3, -0.25) is 14.4 Å². The van der Waals surface area contributed by atoms with E-state index in [1.54, 1.807) is 11.0 Å². The van der Waals surface area contributed by atoms with E-state index in [1.165, 1.54) is 0 Å². The lowest BCUT2D eigenvalue weighted by Crippen LogP contribution is -2.50. The largest absolute Gasteiger partial charge is 0.353 e. The van der Waals surface area contributed by atoms with Crippen molar-refractivity contribution in [3.63, 3.8) is 0 Å². The maximum Gasteiger partial charge on any atom is 0.234 e. The molecular formula is C25H27N7O. The van der Waals surface area contributed by atoms with Crippen LogP contribution in [0.15, 0.2) is 73.2 Å². The molecule has 2 aromatic heterocycles. The van der Waals surface area contributed by atoms with Gasteiger partial charge in [0.15, 0.2) is 5.65 Å². The number of piperazine rings is 1. The van der Waals surface area contributed by atoms with Crippen molar-refractivity contribution in [2.75, 3.05) is 37.6 Å². The third-order valence-corrected chi connectivity index (χ3v) is 6.12. The third kappa shape index (κ3) is 4.56. The third-order valence-electron chi connectivity index (χ3n) is 6.12.